The van der Waals surface area contributed by atoms with Gasteiger partial charge < -0.3 is 19.5 Å². The maximum atomic E-state index is 13.6. The van der Waals surface area contributed by atoms with E-state index in [0.717, 1.165) is 29.8 Å². The Morgan fingerprint density at radius 1 is 0.818 bits per heavy atom. The van der Waals surface area contributed by atoms with E-state index >= 15 is 0 Å². The standard InChI is InChI=1S/C32H27ClF7NO3/c1-2-21-16-26(12-13-28(21)33)43-25-10-5-9-24(17-25)41(29(19-42)22-7-4-8-23(15-22)31(36,37)38)18-20-6-3-11-27(14-20)44-32(39,40)30(34)35/h3-17,29-30,42H,2,18-19H2,1H3. The van der Waals surface area contributed by atoms with Crippen LogP contribution >= 0.6 is 11.6 Å². The summed E-state index contributed by atoms with van der Waals surface area (Å²) in [6.45, 7) is 1.15. The molecule has 12 heteroatoms. The minimum absolute atomic E-state index is 0.121. The second-order valence-electron chi connectivity index (χ2n) is 9.77. The van der Waals surface area contributed by atoms with Crippen LogP contribution in [0.25, 0.3) is 0 Å². The van der Waals surface area contributed by atoms with E-state index < -0.39 is 42.7 Å². The van der Waals surface area contributed by atoms with Crippen molar-refractivity contribution in [3.05, 3.63) is 118 Å². The van der Waals surface area contributed by atoms with E-state index in [2.05, 4.69) is 4.74 Å². The van der Waals surface area contributed by atoms with Gasteiger partial charge in [0.25, 0.3) is 0 Å². The zero-order chi connectivity index (χ0) is 32.1. The highest BCUT2D eigenvalue weighted by molar-refractivity contribution is 6.31. The summed E-state index contributed by atoms with van der Waals surface area (Å²) in [4.78, 5) is 1.55. The molecule has 4 nitrogen and oxygen atoms in total. The number of benzene rings is 4. The Morgan fingerprint density at radius 3 is 2.18 bits per heavy atom. The van der Waals surface area contributed by atoms with Crippen molar-refractivity contribution < 1.29 is 45.3 Å². The third kappa shape index (κ3) is 8.15. The van der Waals surface area contributed by atoms with E-state index in [4.69, 9.17) is 16.3 Å². The van der Waals surface area contributed by atoms with Crippen molar-refractivity contribution >= 4 is 17.3 Å². The highest BCUT2D eigenvalue weighted by Crippen LogP contribution is 2.37. The van der Waals surface area contributed by atoms with Gasteiger partial charge in [-0.1, -0.05) is 48.9 Å². The van der Waals surface area contributed by atoms with Crippen molar-refractivity contribution in [3.8, 4) is 17.2 Å². The number of halogens is 8. The Labute approximate surface area is 254 Å². The van der Waals surface area contributed by atoms with Crippen LogP contribution in [-0.4, -0.2) is 24.2 Å². The Morgan fingerprint density at radius 2 is 1.50 bits per heavy atom. The molecule has 0 aliphatic rings. The summed E-state index contributed by atoms with van der Waals surface area (Å²) in [7, 11) is 0. The SMILES string of the molecule is CCc1cc(Oc2cccc(N(Cc3cccc(OC(F)(F)C(F)F)c3)C(CO)c3cccc(C(F)(F)F)c3)c2)ccc1Cl. The quantitative estimate of drug-likeness (QED) is 0.156. The zero-order valence-electron chi connectivity index (χ0n) is 23.2. The molecule has 0 saturated heterocycles. The number of nitrogens with zero attached hydrogens (tertiary/aromatic N) is 1. The van der Waals surface area contributed by atoms with Crippen LogP contribution < -0.4 is 14.4 Å². The van der Waals surface area contributed by atoms with Crippen LogP contribution in [0.2, 0.25) is 5.02 Å². The Hall–Kier alpha value is -3.96. The van der Waals surface area contributed by atoms with E-state index in [0.29, 0.717) is 28.6 Å². The lowest BCUT2D eigenvalue weighted by molar-refractivity contribution is -0.253. The molecule has 0 radical (unpaired) electrons. The number of hydrogen-bond donors (Lipinski definition) is 1. The summed E-state index contributed by atoms with van der Waals surface area (Å²) in [6, 6.07) is 20.1. The fourth-order valence-electron chi connectivity index (χ4n) is 4.54. The summed E-state index contributed by atoms with van der Waals surface area (Å²) in [5, 5.41) is 11.0. The fraction of sp³-hybridized carbons (Fsp3) is 0.250. The molecule has 0 aliphatic carbocycles. The minimum atomic E-state index is -4.74. The molecule has 1 unspecified atom stereocenters. The first-order chi connectivity index (χ1) is 20.8. The van der Waals surface area contributed by atoms with Gasteiger partial charge in [-0.2, -0.15) is 30.7 Å². The molecule has 4 aromatic carbocycles. The molecule has 0 bridgehead atoms. The van der Waals surface area contributed by atoms with E-state index in [1.54, 1.807) is 47.4 Å². The molecule has 234 valence electrons. The topological polar surface area (TPSA) is 41.9 Å². The lowest BCUT2D eigenvalue weighted by Gasteiger charge is -2.34. The van der Waals surface area contributed by atoms with Crippen LogP contribution in [-0.2, 0) is 19.1 Å². The number of ether oxygens (including phenoxy) is 2. The summed E-state index contributed by atoms with van der Waals surface area (Å²) in [5.41, 5.74) is 0.731. The van der Waals surface area contributed by atoms with Crippen molar-refractivity contribution in [1.82, 2.24) is 0 Å². The largest absolute Gasteiger partial charge is 0.461 e. The molecular weight excluding hydrogens is 615 g/mol. The lowest BCUT2D eigenvalue weighted by Crippen LogP contribution is -2.33. The number of aliphatic hydroxyl groups is 1. The van der Waals surface area contributed by atoms with Crippen molar-refractivity contribution in [1.29, 1.82) is 0 Å². The molecule has 0 heterocycles. The van der Waals surface area contributed by atoms with Crippen LogP contribution in [0, 0.1) is 0 Å². The molecule has 0 amide bonds. The fourth-order valence-corrected chi connectivity index (χ4v) is 4.79. The van der Waals surface area contributed by atoms with Crippen LogP contribution in [0.15, 0.2) is 91.0 Å². The Kier molecular flexibility index (Phi) is 10.3. The molecule has 0 aromatic heterocycles. The molecule has 0 fully saturated rings. The lowest BCUT2D eigenvalue weighted by atomic mass is 10.0. The molecule has 0 aliphatic heterocycles. The molecule has 44 heavy (non-hydrogen) atoms. The zero-order valence-corrected chi connectivity index (χ0v) is 23.9. The molecule has 0 spiro atoms. The first-order valence-electron chi connectivity index (χ1n) is 13.4. The van der Waals surface area contributed by atoms with Gasteiger partial charge in [-0.05, 0) is 77.7 Å². The third-order valence-corrected chi connectivity index (χ3v) is 7.06. The van der Waals surface area contributed by atoms with E-state index in [-0.39, 0.29) is 17.7 Å². The predicted octanol–water partition coefficient (Wildman–Crippen LogP) is 9.69. The summed E-state index contributed by atoms with van der Waals surface area (Å²) < 4.78 is 104. The molecule has 1 N–H and O–H groups in total. The van der Waals surface area contributed by atoms with Gasteiger partial charge in [0.2, 0.25) is 0 Å². The van der Waals surface area contributed by atoms with Gasteiger partial charge in [-0.25, -0.2) is 0 Å². The summed E-state index contributed by atoms with van der Waals surface area (Å²) >= 11 is 6.21. The number of anilines is 1. The number of aliphatic hydroxyl groups excluding tert-OH is 1. The van der Waals surface area contributed by atoms with Crippen molar-refractivity contribution in [3.63, 3.8) is 0 Å². The number of hydrogen-bond acceptors (Lipinski definition) is 4. The smallest absolute Gasteiger partial charge is 0.457 e. The number of aryl methyl sites for hydroxylation is 1. The maximum Gasteiger partial charge on any atom is 0.461 e. The molecular formula is C32H27ClF7NO3. The minimum Gasteiger partial charge on any atom is -0.457 e. The average Bonchev–Trinajstić information content (AvgIpc) is 2.98. The van der Waals surface area contributed by atoms with Gasteiger partial charge in [0, 0.05) is 23.3 Å². The molecule has 4 rings (SSSR count). The molecule has 1 atom stereocenters. The Balaban J connectivity index is 1.75. The molecule has 0 saturated carbocycles. The van der Waals surface area contributed by atoms with E-state index in [1.807, 2.05) is 6.92 Å². The van der Waals surface area contributed by atoms with Gasteiger partial charge in [-0.15, -0.1) is 0 Å². The highest BCUT2D eigenvalue weighted by atomic mass is 35.5. The predicted molar refractivity (Wildman–Crippen MR) is 153 cm³/mol. The van der Waals surface area contributed by atoms with E-state index in [9.17, 15) is 35.8 Å². The maximum absolute atomic E-state index is 13.6. The van der Waals surface area contributed by atoms with Crippen molar-refractivity contribution in [2.24, 2.45) is 0 Å². The first kappa shape index (κ1) is 32.9. The van der Waals surface area contributed by atoms with Crippen molar-refractivity contribution in [2.75, 3.05) is 11.5 Å². The molecule has 4 aromatic rings. The van der Waals surface area contributed by atoms with Gasteiger partial charge in [-0.3, -0.25) is 0 Å². The van der Waals surface area contributed by atoms with Gasteiger partial charge in [0.1, 0.15) is 17.2 Å². The van der Waals surface area contributed by atoms with Crippen LogP contribution in [0.3, 0.4) is 0 Å². The van der Waals surface area contributed by atoms with Gasteiger partial charge in [0.15, 0.2) is 0 Å². The highest BCUT2D eigenvalue weighted by Gasteiger charge is 2.44. The van der Waals surface area contributed by atoms with Crippen LogP contribution in [0.4, 0.5) is 36.4 Å². The third-order valence-electron chi connectivity index (χ3n) is 6.69. The first-order valence-corrected chi connectivity index (χ1v) is 13.7. The average molecular weight is 642 g/mol. The van der Waals surface area contributed by atoms with Crippen LogP contribution in [0.5, 0.6) is 17.2 Å². The summed E-state index contributed by atoms with van der Waals surface area (Å²) in [5.74, 6) is 0.293. The second-order valence-corrected chi connectivity index (χ2v) is 10.2. The summed E-state index contributed by atoms with van der Waals surface area (Å²) in [6.07, 6.45) is -12.8. The monoisotopic (exact) mass is 641 g/mol. The van der Waals surface area contributed by atoms with Gasteiger partial charge in [0.05, 0.1) is 18.2 Å². The van der Waals surface area contributed by atoms with E-state index in [1.165, 1.54) is 24.3 Å². The number of rotatable bonds is 12. The van der Waals surface area contributed by atoms with Gasteiger partial charge >= 0.3 is 18.7 Å². The van der Waals surface area contributed by atoms with Crippen LogP contribution in [0.1, 0.15) is 35.2 Å². The second kappa shape index (κ2) is 13.8. The number of alkyl halides is 7. The van der Waals surface area contributed by atoms with Crippen molar-refractivity contribution in [2.45, 2.75) is 44.6 Å². The normalized spacial score (nSPS) is 12.7. The Bertz CT molecular complexity index is 1570.